The summed E-state index contributed by atoms with van der Waals surface area (Å²) in [4.78, 5) is 23.4. The van der Waals surface area contributed by atoms with Crippen molar-refractivity contribution in [1.82, 2.24) is 20.0 Å². The lowest BCUT2D eigenvalue weighted by Crippen LogP contribution is -2.44. The van der Waals surface area contributed by atoms with Gasteiger partial charge in [-0.1, -0.05) is 30.3 Å². The summed E-state index contributed by atoms with van der Waals surface area (Å²) < 4.78 is 0. The molecule has 1 aromatic rings. The monoisotopic (exact) mass is 343 g/mol. The molecule has 0 spiro atoms. The Morgan fingerprint density at radius 1 is 1.12 bits per heavy atom. The lowest BCUT2D eigenvalue weighted by Gasteiger charge is -2.32. The summed E-state index contributed by atoms with van der Waals surface area (Å²) in [5, 5.41) is 2.91. The van der Waals surface area contributed by atoms with Crippen LogP contribution >= 0.6 is 0 Å². The van der Waals surface area contributed by atoms with Crippen molar-refractivity contribution in [3.05, 3.63) is 35.9 Å². The van der Waals surface area contributed by atoms with Crippen LogP contribution in [0, 0.1) is 0 Å². The highest BCUT2D eigenvalue weighted by Gasteiger charge is 2.29. The molecule has 2 aliphatic heterocycles. The Morgan fingerprint density at radius 2 is 1.84 bits per heavy atom. The highest BCUT2D eigenvalue weighted by molar-refractivity contribution is 5.81. The van der Waals surface area contributed by atoms with Crippen molar-refractivity contribution in [3.8, 4) is 0 Å². The van der Waals surface area contributed by atoms with Crippen LogP contribution in [0.1, 0.15) is 18.4 Å². The van der Waals surface area contributed by atoms with Crippen LogP contribution in [0.25, 0.3) is 0 Å². The van der Waals surface area contributed by atoms with Crippen LogP contribution < -0.4 is 5.32 Å². The van der Waals surface area contributed by atoms with Crippen LogP contribution in [-0.2, 0) is 0 Å². The topological polar surface area (TPSA) is 51.2 Å². The average Bonchev–Trinajstić information content (AvgIpc) is 2.99. The lowest BCUT2D eigenvalue weighted by molar-refractivity contribution is 0.150. The summed E-state index contributed by atoms with van der Waals surface area (Å²) >= 11 is 0. The number of nitrogens with one attached hydrogen (secondary N) is 1. The maximum absolute atomic E-state index is 12.1. The molecule has 1 unspecified atom stereocenters. The third-order valence-corrected chi connectivity index (χ3v) is 4.97. The fourth-order valence-electron chi connectivity index (χ4n) is 3.31. The summed E-state index contributed by atoms with van der Waals surface area (Å²) in [6.45, 7) is 7.13. The van der Waals surface area contributed by atoms with Gasteiger partial charge in [0, 0.05) is 38.9 Å². The second-order valence-electron chi connectivity index (χ2n) is 6.90. The van der Waals surface area contributed by atoms with E-state index in [0.717, 1.165) is 57.7 Å². The number of piperazine rings is 1. The Bertz CT molecular complexity index is 568. The molecule has 6 heteroatoms. The summed E-state index contributed by atoms with van der Waals surface area (Å²) in [7, 11) is 2.18. The number of amides is 2. The summed E-state index contributed by atoms with van der Waals surface area (Å²) in [6.07, 6.45) is 3.93. The number of hydrogen-bond acceptors (Lipinski definition) is 4. The Labute approximate surface area is 150 Å². The third kappa shape index (κ3) is 5.28. The van der Waals surface area contributed by atoms with Crippen LogP contribution in [0.15, 0.2) is 35.3 Å². The van der Waals surface area contributed by atoms with E-state index in [2.05, 4.69) is 27.2 Å². The molecule has 3 rings (SSSR count). The van der Waals surface area contributed by atoms with Gasteiger partial charge >= 0.3 is 6.03 Å². The second kappa shape index (κ2) is 8.97. The van der Waals surface area contributed by atoms with Gasteiger partial charge in [0.25, 0.3) is 0 Å². The van der Waals surface area contributed by atoms with Crippen LogP contribution in [-0.4, -0.2) is 86.0 Å². The first-order chi connectivity index (χ1) is 12.2. The number of urea groups is 1. The zero-order valence-electron chi connectivity index (χ0n) is 15.1. The fraction of sp³-hybridized carbons (Fsp3) is 0.579. The predicted molar refractivity (Wildman–Crippen MR) is 101 cm³/mol. The van der Waals surface area contributed by atoms with E-state index in [0.29, 0.717) is 6.54 Å². The van der Waals surface area contributed by atoms with E-state index in [9.17, 15) is 4.79 Å². The highest BCUT2D eigenvalue weighted by atomic mass is 16.2. The minimum Gasteiger partial charge on any atom is -0.334 e. The Balaban J connectivity index is 1.42. The first-order valence-electron chi connectivity index (χ1n) is 9.26. The van der Waals surface area contributed by atoms with Gasteiger partial charge in [0.15, 0.2) is 0 Å². The lowest BCUT2D eigenvalue weighted by atomic mass is 10.2. The molecule has 0 aliphatic carbocycles. The van der Waals surface area contributed by atoms with Crippen LogP contribution in [0.2, 0.25) is 0 Å². The molecule has 2 heterocycles. The molecular formula is C19H29N5O. The first kappa shape index (κ1) is 17.9. The van der Waals surface area contributed by atoms with Crippen molar-refractivity contribution in [2.75, 3.05) is 52.9 Å². The second-order valence-corrected chi connectivity index (χ2v) is 6.90. The van der Waals surface area contributed by atoms with E-state index in [1.807, 2.05) is 41.4 Å². The average molecular weight is 343 g/mol. The molecule has 6 nitrogen and oxygen atoms in total. The number of benzene rings is 1. The maximum Gasteiger partial charge on any atom is 0.319 e. The van der Waals surface area contributed by atoms with E-state index < -0.39 is 0 Å². The molecule has 136 valence electrons. The van der Waals surface area contributed by atoms with Gasteiger partial charge in [-0.2, -0.15) is 0 Å². The molecule has 1 aromatic carbocycles. The molecule has 0 bridgehead atoms. The van der Waals surface area contributed by atoms with Crippen molar-refractivity contribution in [1.29, 1.82) is 0 Å². The zero-order valence-corrected chi connectivity index (χ0v) is 15.1. The zero-order chi connectivity index (χ0) is 17.5. The van der Waals surface area contributed by atoms with E-state index in [-0.39, 0.29) is 12.2 Å². The van der Waals surface area contributed by atoms with E-state index >= 15 is 0 Å². The molecule has 25 heavy (non-hydrogen) atoms. The van der Waals surface area contributed by atoms with Crippen LogP contribution in [0.3, 0.4) is 0 Å². The van der Waals surface area contributed by atoms with Gasteiger partial charge in [-0.15, -0.1) is 0 Å². The maximum atomic E-state index is 12.1. The summed E-state index contributed by atoms with van der Waals surface area (Å²) in [6, 6.07) is 10.0. The van der Waals surface area contributed by atoms with Crippen molar-refractivity contribution in [3.63, 3.8) is 0 Å². The standard InChI is InChI=1S/C19H29N5O/c1-22-11-13-23(14-12-22)9-5-6-10-24-18(16-21-19(24)25)20-15-17-7-3-2-4-8-17/h2-4,7-8,15,18H,5-6,9-14,16H2,1H3,(H,21,25). The molecule has 1 N–H and O–H groups in total. The first-order valence-corrected chi connectivity index (χ1v) is 9.26. The van der Waals surface area contributed by atoms with Gasteiger partial charge in [0.2, 0.25) is 0 Å². The van der Waals surface area contributed by atoms with E-state index in [1.165, 1.54) is 0 Å². The van der Waals surface area contributed by atoms with Gasteiger partial charge in [0.05, 0.1) is 6.54 Å². The Morgan fingerprint density at radius 3 is 2.60 bits per heavy atom. The molecule has 1 atom stereocenters. The van der Waals surface area contributed by atoms with Gasteiger partial charge in [0.1, 0.15) is 6.17 Å². The SMILES string of the molecule is CN1CCN(CCCCN2C(=O)NCC2N=Cc2ccccc2)CC1. The van der Waals surface area contributed by atoms with Crippen molar-refractivity contribution >= 4 is 12.2 Å². The number of unbranched alkanes of at least 4 members (excludes halogenated alkanes) is 1. The number of rotatable bonds is 7. The number of carbonyl (C=O) groups excluding carboxylic acids is 1. The normalized spacial score (nSPS) is 22.7. The van der Waals surface area contributed by atoms with Crippen LogP contribution in [0.4, 0.5) is 4.79 Å². The third-order valence-electron chi connectivity index (χ3n) is 4.97. The van der Waals surface area contributed by atoms with Gasteiger partial charge in [-0.3, -0.25) is 4.99 Å². The van der Waals surface area contributed by atoms with Gasteiger partial charge in [-0.05, 0) is 32.0 Å². The number of likely N-dealkylation sites (N-methyl/N-ethyl adjacent to an activating group) is 1. The van der Waals surface area contributed by atoms with Crippen molar-refractivity contribution in [2.24, 2.45) is 4.99 Å². The largest absolute Gasteiger partial charge is 0.334 e. The quantitative estimate of drug-likeness (QED) is 0.603. The minimum atomic E-state index is -0.0867. The van der Waals surface area contributed by atoms with Crippen molar-refractivity contribution < 1.29 is 4.79 Å². The molecule has 2 aliphatic rings. The predicted octanol–water partition coefficient (Wildman–Crippen LogP) is 1.48. The number of carbonyl (C=O) groups is 1. The Kier molecular flexibility index (Phi) is 6.42. The minimum absolute atomic E-state index is 0.00908. The molecule has 0 saturated carbocycles. The van der Waals surface area contributed by atoms with Gasteiger partial charge in [-0.25, -0.2) is 4.79 Å². The van der Waals surface area contributed by atoms with Crippen LogP contribution in [0.5, 0.6) is 0 Å². The van der Waals surface area contributed by atoms with E-state index in [1.54, 1.807) is 0 Å². The molecule has 0 radical (unpaired) electrons. The molecule has 2 saturated heterocycles. The van der Waals surface area contributed by atoms with Gasteiger partial charge < -0.3 is 20.0 Å². The molecule has 2 fully saturated rings. The fourth-order valence-corrected chi connectivity index (χ4v) is 3.31. The number of hydrogen-bond donors (Lipinski definition) is 1. The smallest absolute Gasteiger partial charge is 0.319 e. The number of aliphatic imine (C=N–C) groups is 1. The summed E-state index contributed by atoms with van der Waals surface area (Å²) in [5.41, 5.74) is 1.07. The van der Waals surface area contributed by atoms with Crippen molar-refractivity contribution in [2.45, 2.75) is 19.0 Å². The highest BCUT2D eigenvalue weighted by Crippen LogP contribution is 2.11. The summed E-state index contributed by atoms with van der Waals surface area (Å²) in [5.74, 6) is 0. The Hall–Kier alpha value is -1.92. The number of nitrogens with zero attached hydrogens (tertiary/aromatic N) is 4. The van der Waals surface area contributed by atoms with E-state index in [4.69, 9.17) is 0 Å². The molecule has 0 aromatic heterocycles. The molecular weight excluding hydrogens is 314 g/mol. The molecule has 2 amide bonds.